The van der Waals surface area contributed by atoms with E-state index in [1.54, 1.807) is 0 Å². The van der Waals surface area contributed by atoms with Crippen LogP contribution in [0.5, 0.6) is 0 Å². The predicted molar refractivity (Wildman–Crippen MR) is 87.0 cm³/mol. The van der Waals surface area contributed by atoms with E-state index in [1.165, 1.54) is 56.6 Å². The molecule has 1 aromatic rings. The van der Waals surface area contributed by atoms with Crippen molar-refractivity contribution in [1.29, 1.82) is 0 Å². The van der Waals surface area contributed by atoms with E-state index in [-0.39, 0.29) is 0 Å². The van der Waals surface area contributed by atoms with Gasteiger partial charge in [-0.1, -0.05) is 13.0 Å². The number of nitrogens with zero attached hydrogens (tertiary/aromatic N) is 2. The fourth-order valence-electron chi connectivity index (χ4n) is 2.87. The van der Waals surface area contributed by atoms with Crippen LogP contribution in [0.15, 0.2) is 18.2 Å². The Hall–Kier alpha value is -0.930. The highest BCUT2D eigenvalue weighted by molar-refractivity contribution is 5.11. The van der Waals surface area contributed by atoms with Gasteiger partial charge in [0.2, 0.25) is 0 Å². The van der Waals surface area contributed by atoms with Gasteiger partial charge in [0.15, 0.2) is 0 Å². The molecule has 2 saturated carbocycles. The zero-order chi connectivity index (χ0) is 14.5. The van der Waals surface area contributed by atoms with E-state index in [4.69, 9.17) is 4.98 Å². The van der Waals surface area contributed by atoms with Crippen LogP contribution in [-0.4, -0.2) is 29.5 Å². The third-order valence-corrected chi connectivity index (χ3v) is 4.41. The first kappa shape index (κ1) is 15.0. The zero-order valence-corrected chi connectivity index (χ0v) is 13.4. The van der Waals surface area contributed by atoms with Crippen LogP contribution in [0, 0.1) is 11.8 Å². The normalized spacial score (nSPS) is 18.4. The molecule has 0 aliphatic heterocycles. The minimum Gasteiger partial charge on any atom is -0.311 e. The largest absolute Gasteiger partial charge is 0.311 e. The van der Waals surface area contributed by atoms with Crippen molar-refractivity contribution >= 4 is 0 Å². The first-order valence-electron chi connectivity index (χ1n) is 8.71. The third kappa shape index (κ3) is 5.40. The predicted octanol–water partition coefficient (Wildman–Crippen LogP) is 3.20. The van der Waals surface area contributed by atoms with Gasteiger partial charge in [-0.05, 0) is 62.6 Å². The Balaban J connectivity index is 1.54. The second-order valence-electron chi connectivity index (χ2n) is 6.88. The number of hydrogen-bond acceptors (Lipinski definition) is 3. The van der Waals surface area contributed by atoms with Crippen LogP contribution in [0.1, 0.15) is 50.4 Å². The Morgan fingerprint density at radius 3 is 2.38 bits per heavy atom. The summed E-state index contributed by atoms with van der Waals surface area (Å²) in [7, 11) is 0. The van der Waals surface area contributed by atoms with Gasteiger partial charge in [0.05, 0.1) is 11.4 Å². The molecule has 2 fully saturated rings. The summed E-state index contributed by atoms with van der Waals surface area (Å²) in [4.78, 5) is 7.49. The van der Waals surface area contributed by atoms with Crippen molar-refractivity contribution in [1.82, 2.24) is 15.2 Å². The smallest absolute Gasteiger partial charge is 0.0547 e. The topological polar surface area (TPSA) is 28.2 Å². The highest BCUT2D eigenvalue weighted by Crippen LogP contribution is 2.34. The van der Waals surface area contributed by atoms with Crippen LogP contribution < -0.4 is 5.32 Å². The molecule has 0 atom stereocenters. The van der Waals surface area contributed by atoms with Crippen molar-refractivity contribution in [2.24, 2.45) is 11.8 Å². The van der Waals surface area contributed by atoms with Crippen molar-refractivity contribution in [2.75, 3.05) is 19.6 Å². The summed E-state index contributed by atoms with van der Waals surface area (Å²) in [6.45, 7) is 7.78. The number of nitrogens with one attached hydrogen (secondary N) is 1. The lowest BCUT2D eigenvalue weighted by molar-refractivity contribution is 0.241. The maximum atomic E-state index is 4.84. The van der Waals surface area contributed by atoms with Crippen LogP contribution in [0.25, 0.3) is 0 Å². The highest BCUT2D eigenvalue weighted by atomic mass is 15.1. The molecule has 3 rings (SSSR count). The number of pyridine rings is 1. The standard InChI is InChI=1S/C18H29N3/c1-2-10-19-11-17-4-3-5-18(20-17)14-21(12-15-6-7-15)13-16-8-9-16/h3-5,15-16,19H,2,6-14H2,1H3. The molecule has 2 aliphatic rings. The molecule has 1 heterocycles. The average Bonchev–Trinajstić information content (AvgIpc) is 3.36. The van der Waals surface area contributed by atoms with Gasteiger partial charge in [-0.25, -0.2) is 0 Å². The first-order chi connectivity index (χ1) is 10.3. The molecule has 0 saturated heterocycles. The van der Waals surface area contributed by atoms with Crippen molar-refractivity contribution in [3.8, 4) is 0 Å². The van der Waals surface area contributed by atoms with Gasteiger partial charge < -0.3 is 5.32 Å². The molecule has 0 spiro atoms. The molecule has 0 amide bonds. The Kier molecular flexibility index (Phi) is 5.26. The van der Waals surface area contributed by atoms with Gasteiger partial charge in [-0.15, -0.1) is 0 Å². The fourth-order valence-corrected chi connectivity index (χ4v) is 2.87. The summed E-state index contributed by atoms with van der Waals surface area (Å²) >= 11 is 0. The van der Waals surface area contributed by atoms with Gasteiger partial charge in [0.25, 0.3) is 0 Å². The summed E-state index contributed by atoms with van der Waals surface area (Å²) in [5.74, 6) is 1.94. The highest BCUT2D eigenvalue weighted by Gasteiger charge is 2.29. The fraction of sp³-hybridized carbons (Fsp3) is 0.722. The lowest BCUT2D eigenvalue weighted by Gasteiger charge is -2.22. The van der Waals surface area contributed by atoms with Crippen LogP contribution in [0.3, 0.4) is 0 Å². The number of rotatable bonds is 10. The maximum absolute atomic E-state index is 4.84. The molecule has 116 valence electrons. The van der Waals surface area contributed by atoms with E-state index in [0.29, 0.717) is 0 Å². The minimum atomic E-state index is 0.896. The molecule has 0 bridgehead atoms. The van der Waals surface area contributed by atoms with E-state index in [9.17, 15) is 0 Å². The molecule has 0 radical (unpaired) electrons. The Labute approximate surface area is 129 Å². The van der Waals surface area contributed by atoms with Gasteiger partial charge in [-0.2, -0.15) is 0 Å². The van der Waals surface area contributed by atoms with E-state index in [0.717, 1.165) is 31.5 Å². The molecule has 1 N–H and O–H groups in total. The molecule has 0 aromatic carbocycles. The van der Waals surface area contributed by atoms with E-state index in [2.05, 4.69) is 35.3 Å². The van der Waals surface area contributed by atoms with E-state index >= 15 is 0 Å². The van der Waals surface area contributed by atoms with Crippen LogP contribution in [0.2, 0.25) is 0 Å². The van der Waals surface area contributed by atoms with Crippen molar-refractivity contribution in [2.45, 2.75) is 52.1 Å². The Morgan fingerprint density at radius 1 is 1.10 bits per heavy atom. The summed E-state index contributed by atoms with van der Waals surface area (Å²) < 4.78 is 0. The van der Waals surface area contributed by atoms with Gasteiger partial charge in [0, 0.05) is 26.2 Å². The molecule has 21 heavy (non-hydrogen) atoms. The van der Waals surface area contributed by atoms with Crippen LogP contribution >= 0.6 is 0 Å². The third-order valence-electron chi connectivity index (χ3n) is 4.41. The second-order valence-corrected chi connectivity index (χ2v) is 6.88. The zero-order valence-electron chi connectivity index (χ0n) is 13.4. The van der Waals surface area contributed by atoms with Crippen molar-refractivity contribution < 1.29 is 0 Å². The summed E-state index contributed by atoms with van der Waals surface area (Å²) in [6, 6.07) is 6.49. The second kappa shape index (κ2) is 7.37. The van der Waals surface area contributed by atoms with E-state index in [1.807, 2.05) is 0 Å². The van der Waals surface area contributed by atoms with Crippen LogP contribution in [0.4, 0.5) is 0 Å². The first-order valence-corrected chi connectivity index (χ1v) is 8.71. The monoisotopic (exact) mass is 287 g/mol. The van der Waals surface area contributed by atoms with Gasteiger partial charge >= 0.3 is 0 Å². The lowest BCUT2D eigenvalue weighted by atomic mass is 10.2. The molecule has 1 aromatic heterocycles. The van der Waals surface area contributed by atoms with E-state index < -0.39 is 0 Å². The van der Waals surface area contributed by atoms with Gasteiger partial charge in [0.1, 0.15) is 0 Å². The summed E-state index contributed by atoms with van der Waals surface area (Å²) in [5.41, 5.74) is 2.42. The molecular weight excluding hydrogens is 258 g/mol. The average molecular weight is 287 g/mol. The quantitative estimate of drug-likeness (QED) is 0.670. The Bertz CT molecular complexity index is 424. The maximum Gasteiger partial charge on any atom is 0.0547 e. The van der Waals surface area contributed by atoms with Gasteiger partial charge in [-0.3, -0.25) is 9.88 Å². The summed E-state index contributed by atoms with van der Waals surface area (Å²) in [5, 5.41) is 3.44. The van der Waals surface area contributed by atoms with Crippen molar-refractivity contribution in [3.05, 3.63) is 29.6 Å². The molecule has 3 nitrogen and oxygen atoms in total. The molecule has 0 unspecified atom stereocenters. The molecule has 2 aliphatic carbocycles. The molecular formula is C18H29N3. The summed E-state index contributed by atoms with van der Waals surface area (Å²) in [6.07, 6.45) is 6.94. The number of hydrogen-bond donors (Lipinski definition) is 1. The lowest BCUT2D eigenvalue weighted by Crippen LogP contribution is -2.28. The SMILES string of the molecule is CCCNCc1cccc(CN(CC2CC2)CC2CC2)n1. The Morgan fingerprint density at radius 2 is 1.76 bits per heavy atom. The number of aromatic nitrogens is 1. The minimum absolute atomic E-state index is 0.896. The van der Waals surface area contributed by atoms with Crippen molar-refractivity contribution in [3.63, 3.8) is 0 Å². The van der Waals surface area contributed by atoms with Crippen LogP contribution in [-0.2, 0) is 13.1 Å². The molecule has 3 heteroatoms.